The fraction of sp³-hybridized carbons (Fsp3) is 0.429. The fourth-order valence-electron chi connectivity index (χ4n) is 1.67. The summed E-state index contributed by atoms with van der Waals surface area (Å²) in [5.74, 6) is -0.552. The van der Waals surface area contributed by atoms with E-state index in [1.54, 1.807) is 13.0 Å². The number of benzene rings is 1. The van der Waals surface area contributed by atoms with Crippen molar-refractivity contribution in [3.05, 3.63) is 34.9 Å². The Morgan fingerprint density at radius 2 is 2.00 bits per heavy atom. The molecule has 0 aliphatic heterocycles. The molecule has 19 heavy (non-hydrogen) atoms. The number of esters is 1. The third kappa shape index (κ3) is 5.30. The predicted octanol–water partition coefficient (Wildman–Crippen LogP) is 2.86. The average molecular weight is 284 g/mol. The lowest BCUT2D eigenvalue weighted by atomic mass is 10.1. The largest absolute Gasteiger partial charge is 0.466 e. The fourth-order valence-corrected chi connectivity index (χ4v) is 1.97. The summed E-state index contributed by atoms with van der Waals surface area (Å²) in [6.07, 6.45) is 0.211. The number of ether oxygens (including phenoxy) is 1. The second-order valence-electron chi connectivity index (χ2n) is 4.12. The predicted molar refractivity (Wildman–Crippen MR) is 73.9 cm³/mol. The van der Waals surface area contributed by atoms with Crippen LogP contribution in [-0.4, -0.2) is 18.5 Å². The van der Waals surface area contributed by atoms with Crippen molar-refractivity contribution < 1.29 is 14.3 Å². The van der Waals surface area contributed by atoms with E-state index >= 15 is 0 Å². The maximum Gasteiger partial charge on any atom is 0.306 e. The van der Waals surface area contributed by atoms with Crippen molar-refractivity contribution in [2.75, 3.05) is 6.61 Å². The van der Waals surface area contributed by atoms with Crippen molar-refractivity contribution in [1.82, 2.24) is 5.32 Å². The van der Waals surface area contributed by atoms with Crippen LogP contribution in [0.4, 0.5) is 0 Å². The third-order valence-electron chi connectivity index (χ3n) is 2.61. The second kappa shape index (κ2) is 7.79. The molecule has 0 saturated heterocycles. The molecule has 1 N–H and O–H groups in total. The smallest absolute Gasteiger partial charge is 0.306 e. The van der Waals surface area contributed by atoms with E-state index in [0.29, 0.717) is 11.6 Å². The lowest BCUT2D eigenvalue weighted by Crippen LogP contribution is -2.27. The Kier molecular flexibility index (Phi) is 6.36. The zero-order valence-corrected chi connectivity index (χ0v) is 11.9. The van der Waals surface area contributed by atoms with Crippen molar-refractivity contribution in [1.29, 1.82) is 0 Å². The number of hydrogen-bond acceptors (Lipinski definition) is 3. The topological polar surface area (TPSA) is 55.4 Å². The Morgan fingerprint density at radius 3 is 2.63 bits per heavy atom. The summed E-state index contributed by atoms with van der Waals surface area (Å²) < 4.78 is 4.76. The Morgan fingerprint density at radius 1 is 1.32 bits per heavy atom. The molecule has 0 fully saturated rings. The number of nitrogens with one attached hydrogen (secondary N) is 1. The SMILES string of the molecule is CCOC(=O)CCC(=O)N[C@H](C)c1ccccc1Cl. The summed E-state index contributed by atoms with van der Waals surface area (Å²) in [4.78, 5) is 22.8. The molecule has 1 atom stereocenters. The summed E-state index contributed by atoms with van der Waals surface area (Å²) in [5.41, 5.74) is 0.855. The molecule has 0 saturated carbocycles. The highest BCUT2D eigenvalue weighted by Gasteiger charge is 2.13. The minimum Gasteiger partial charge on any atom is -0.466 e. The van der Waals surface area contributed by atoms with Crippen LogP contribution in [0.5, 0.6) is 0 Å². The molecule has 4 nitrogen and oxygen atoms in total. The molecule has 0 radical (unpaired) electrons. The van der Waals surface area contributed by atoms with Crippen LogP contribution in [0.15, 0.2) is 24.3 Å². The number of carbonyl (C=O) groups excluding carboxylic acids is 2. The van der Waals surface area contributed by atoms with Crippen molar-refractivity contribution in [3.63, 3.8) is 0 Å². The summed E-state index contributed by atoms with van der Waals surface area (Å²) in [5, 5.41) is 3.42. The molecule has 1 rings (SSSR count). The van der Waals surface area contributed by atoms with Gasteiger partial charge in [-0.25, -0.2) is 0 Å². The lowest BCUT2D eigenvalue weighted by molar-refractivity contribution is -0.144. The van der Waals surface area contributed by atoms with Crippen molar-refractivity contribution in [2.24, 2.45) is 0 Å². The number of hydrogen-bond donors (Lipinski definition) is 1. The van der Waals surface area contributed by atoms with E-state index in [9.17, 15) is 9.59 Å². The number of rotatable bonds is 6. The number of amides is 1. The molecule has 0 unspecified atom stereocenters. The summed E-state index contributed by atoms with van der Waals surface area (Å²) in [6.45, 7) is 3.91. The molecular formula is C14H18ClNO3. The van der Waals surface area contributed by atoms with E-state index in [1.807, 2.05) is 25.1 Å². The Labute approximate surface area is 118 Å². The van der Waals surface area contributed by atoms with Gasteiger partial charge in [-0.3, -0.25) is 9.59 Å². The van der Waals surface area contributed by atoms with E-state index in [-0.39, 0.29) is 30.8 Å². The Bertz CT molecular complexity index is 448. The van der Waals surface area contributed by atoms with Gasteiger partial charge in [0, 0.05) is 11.4 Å². The Balaban J connectivity index is 2.44. The molecule has 0 aromatic heterocycles. The average Bonchev–Trinajstić information content (AvgIpc) is 2.37. The highest BCUT2D eigenvalue weighted by Crippen LogP contribution is 2.22. The van der Waals surface area contributed by atoms with Crippen LogP contribution < -0.4 is 5.32 Å². The first-order valence-electron chi connectivity index (χ1n) is 6.24. The molecule has 0 heterocycles. The maximum atomic E-state index is 11.7. The molecule has 0 aliphatic rings. The molecule has 1 amide bonds. The molecule has 1 aromatic rings. The van der Waals surface area contributed by atoms with Gasteiger partial charge in [0.2, 0.25) is 5.91 Å². The van der Waals surface area contributed by atoms with E-state index in [2.05, 4.69) is 5.32 Å². The Hall–Kier alpha value is -1.55. The molecule has 104 valence electrons. The van der Waals surface area contributed by atoms with Crippen molar-refractivity contribution in [3.8, 4) is 0 Å². The van der Waals surface area contributed by atoms with Gasteiger partial charge in [0.1, 0.15) is 0 Å². The minimum absolute atomic E-state index is 0.0922. The van der Waals surface area contributed by atoms with Crippen LogP contribution in [0.3, 0.4) is 0 Å². The first-order chi connectivity index (χ1) is 9.04. The zero-order chi connectivity index (χ0) is 14.3. The van der Waals surface area contributed by atoms with Crippen LogP contribution >= 0.6 is 11.6 Å². The van der Waals surface area contributed by atoms with Crippen molar-refractivity contribution in [2.45, 2.75) is 32.7 Å². The highest BCUT2D eigenvalue weighted by molar-refractivity contribution is 6.31. The first-order valence-corrected chi connectivity index (χ1v) is 6.61. The maximum absolute atomic E-state index is 11.7. The molecule has 0 spiro atoms. The van der Waals surface area contributed by atoms with Gasteiger partial charge in [-0.2, -0.15) is 0 Å². The normalized spacial score (nSPS) is 11.7. The van der Waals surface area contributed by atoms with E-state index in [4.69, 9.17) is 16.3 Å². The summed E-state index contributed by atoms with van der Waals surface area (Å²) >= 11 is 6.05. The van der Waals surface area contributed by atoms with Crippen molar-refractivity contribution >= 4 is 23.5 Å². The van der Waals surface area contributed by atoms with Crippen LogP contribution in [0.1, 0.15) is 38.3 Å². The quantitative estimate of drug-likeness (QED) is 0.817. The van der Waals surface area contributed by atoms with Gasteiger partial charge in [0.15, 0.2) is 0 Å². The summed E-state index contributed by atoms with van der Waals surface area (Å²) in [6, 6.07) is 7.14. The van der Waals surface area contributed by atoms with Gasteiger partial charge in [-0.1, -0.05) is 29.8 Å². The van der Waals surface area contributed by atoms with E-state index in [0.717, 1.165) is 5.56 Å². The number of carbonyl (C=O) groups is 2. The van der Waals surface area contributed by atoms with Gasteiger partial charge in [0.05, 0.1) is 19.1 Å². The van der Waals surface area contributed by atoms with Gasteiger partial charge in [-0.15, -0.1) is 0 Å². The molecule has 0 aliphatic carbocycles. The molecule has 5 heteroatoms. The second-order valence-corrected chi connectivity index (χ2v) is 4.52. The lowest BCUT2D eigenvalue weighted by Gasteiger charge is -2.15. The standard InChI is InChI=1S/C14H18ClNO3/c1-3-19-14(18)9-8-13(17)16-10(2)11-6-4-5-7-12(11)15/h4-7,10H,3,8-9H2,1-2H3,(H,16,17)/t10-/m1/s1. The monoisotopic (exact) mass is 283 g/mol. The van der Waals surface area contributed by atoms with Gasteiger partial charge >= 0.3 is 5.97 Å². The van der Waals surface area contributed by atoms with Gasteiger partial charge < -0.3 is 10.1 Å². The van der Waals surface area contributed by atoms with Crippen LogP contribution in [0.25, 0.3) is 0 Å². The molecule has 0 bridgehead atoms. The van der Waals surface area contributed by atoms with Gasteiger partial charge in [-0.05, 0) is 25.5 Å². The third-order valence-corrected chi connectivity index (χ3v) is 2.95. The highest BCUT2D eigenvalue weighted by atomic mass is 35.5. The van der Waals surface area contributed by atoms with Crippen LogP contribution in [0.2, 0.25) is 5.02 Å². The number of halogens is 1. The van der Waals surface area contributed by atoms with Crippen LogP contribution in [0, 0.1) is 0 Å². The molecule has 1 aromatic carbocycles. The summed E-state index contributed by atoms with van der Waals surface area (Å²) in [7, 11) is 0. The first kappa shape index (κ1) is 15.5. The van der Waals surface area contributed by atoms with Crippen LogP contribution in [-0.2, 0) is 14.3 Å². The van der Waals surface area contributed by atoms with E-state index < -0.39 is 0 Å². The van der Waals surface area contributed by atoms with E-state index in [1.165, 1.54) is 0 Å². The minimum atomic E-state index is -0.358. The van der Waals surface area contributed by atoms with Gasteiger partial charge in [0.25, 0.3) is 0 Å². The zero-order valence-electron chi connectivity index (χ0n) is 11.1. The molecular weight excluding hydrogens is 266 g/mol.